The van der Waals surface area contributed by atoms with E-state index in [1.165, 1.54) is 11.3 Å². The Morgan fingerprint density at radius 1 is 1.29 bits per heavy atom. The van der Waals surface area contributed by atoms with E-state index in [2.05, 4.69) is 33.9 Å². The van der Waals surface area contributed by atoms with Crippen LogP contribution in [0.25, 0.3) is 11.3 Å². The van der Waals surface area contributed by atoms with Gasteiger partial charge < -0.3 is 25.4 Å². The number of halogens is 1. The predicted molar refractivity (Wildman–Crippen MR) is 141 cm³/mol. The summed E-state index contributed by atoms with van der Waals surface area (Å²) in [6.45, 7) is 4.73. The van der Waals surface area contributed by atoms with Crippen molar-refractivity contribution in [3.05, 3.63) is 22.7 Å². The van der Waals surface area contributed by atoms with Gasteiger partial charge in [0, 0.05) is 62.1 Å². The lowest BCUT2D eigenvalue weighted by atomic mass is 9.82. The first kappa shape index (κ1) is 26.1. The average molecular weight is 519 g/mol. The number of thiazole rings is 1. The molecule has 0 radical (unpaired) electrons. The molecule has 8 nitrogen and oxygen atoms in total. The van der Waals surface area contributed by atoms with Gasteiger partial charge in [-0.3, -0.25) is 0 Å². The third-order valence-corrected chi connectivity index (χ3v) is 8.02. The topological polar surface area (TPSA) is 104 Å². The molecule has 190 valence electrons. The quantitative estimate of drug-likeness (QED) is 0.406. The Hall–Kier alpha value is -1.96. The molecular formula is C25H35ClN6O2S. The van der Waals surface area contributed by atoms with E-state index >= 15 is 0 Å². The minimum absolute atomic E-state index is 0.370. The van der Waals surface area contributed by atoms with E-state index in [9.17, 15) is 5.26 Å². The van der Waals surface area contributed by atoms with Crippen molar-refractivity contribution in [1.82, 2.24) is 15.3 Å². The molecule has 0 bridgehead atoms. The molecule has 0 spiro atoms. The van der Waals surface area contributed by atoms with Crippen LogP contribution >= 0.6 is 22.9 Å². The van der Waals surface area contributed by atoms with Gasteiger partial charge in [0.2, 0.25) is 0 Å². The Balaban J connectivity index is 1.33. The number of nitrogens with zero attached hydrogens (tertiary/aromatic N) is 3. The van der Waals surface area contributed by atoms with E-state index in [1.54, 1.807) is 13.3 Å². The minimum atomic E-state index is -0.397. The van der Waals surface area contributed by atoms with Crippen LogP contribution in [0.3, 0.4) is 0 Å². The molecule has 0 unspecified atom stereocenters. The number of ether oxygens (including phenoxy) is 2. The highest BCUT2D eigenvalue weighted by molar-refractivity contribution is 7.14. The third-order valence-electron chi connectivity index (χ3n) is 6.92. The molecule has 1 atom stereocenters. The molecule has 2 aliphatic rings. The van der Waals surface area contributed by atoms with Crippen molar-refractivity contribution in [2.75, 3.05) is 44.1 Å². The lowest BCUT2D eigenvalue weighted by Crippen LogP contribution is -2.42. The highest BCUT2D eigenvalue weighted by Gasteiger charge is 2.32. The van der Waals surface area contributed by atoms with E-state index in [0.29, 0.717) is 42.9 Å². The van der Waals surface area contributed by atoms with Crippen molar-refractivity contribution < 1.29 is 9.47 Å². The summed E-state index contributed by atoms with van der Waals surface area (Å²) in [7, 11) is 1.74. The number of nitriles is 1. The van der Waals surface area contributed by atoms with Gasteiger partial charge in [-0.1, -0.05) is 11.6 Å². The highest BCUT2D eigenvalue weighted by atomic mass is 35.5. The summed E-state index contributed by atoms with van der Waals surface area (Å²) >= 11 is 8.02. The lowest BCUT2D eigenvalue weighted by molar-refractivity contribution is 0.0456. The first-order valence-electron chi connectivity index (χ1n) is 12.4. The van der Waals surface area contributed by atoms with Crippen LogP contribution in [-0.4, -0.2) is 61.6 Å². The summed E-state index contributed by atoms with van der Waals surface area (Å²) in [6.07, 6.45) is 7.61. The number of nitrogens with one attached hydrogen (secondary N) is 3. The van der Waals surface area contributed by atoms with Gasteiger partial charge >= 0.3 is 0 Å². The molecule has 10 heteroatoms. The standard InChI is InChI=1S/C25H35ClN6O2S/c1-17(13-33-2)30-18-3-5-19(6-4-18)31-23-11-20(21(26)12-28-23)22-14-35-24(32-22)29-16-25(15-27)7-9-34-10-8-25/h11-12,14,17-19,30H,3-10,13,16H2,1-2H3,(H,28,31)(H,29,32)/t17-,18-,19-/m1/s1. The second-order valence-corrected chi connectivity index (χ2v) is 10.9. The first-order valence-corrected chi connectivity index (χ1v) is 13.6. The van der Waals surface area contributed by atoms with E-state index in [1.807, 2.05) is 11.4 Å². The molecule has 3 N–H and O–H groups in total. The number of anilines is 2. The second-order valence-electron chi connectivity index (χ2n) is 9.66. The highest BCUT2D eigenvalue weighted by Crippen LogP contribution is 2.34. The fourth-order valence-electron chi connectivity index (χ4n) is 4.84. The van der Waals surface area contributed by atoms with Crippen LogP contribution in [0, 0.1) is 16.7 Å². The van der Waals surface area contributed by atoms with Crippen molar-refractivity contribution in [1.29, 1.82) is 5.26 Å². The van der Waals surface area contributed by atoms with Gasteiger partial charge in [0.15, 0.2) is 5.13 Å². The Morgan fingerprint density at radius 2 is 2.03 bits per heavy atom. The van der Waals surface area contributed by atoms with E-state index < -0.39 is 5.41 Å². The third kappa shape index (κ3) is 7.05. The molecule has 0 amide bonds. The van der Waals surface area contributed by atoms with E-state index in [4.69, 9.17) is 26.1 Å². The van der Waals surface area contributed by atoms with Crippen molar-refractivity contribution >= 4 is 33.9 Å². The molecule has 0 aromatic carbocycles. The maximum absolute atomic E-state index is 9.68. The molecule has 2 aromatic rings. The van der Waals surface area contributed by atoms with Crippen LogP contribution in [0.1, 0.15) is 45.4 Å². The number of rotatable bonds is 10. The molecule has 1 saturated carbocycles. The van der Waals surface area contributed by atoms with Crippen LogP contribution < -0.4 is 16.0 Å². The molecule has 1 aliphatic carbocycles. The van der Waals surface area contributed by atoms with Crippen molar-refractivity contribution in [2.45, 2.75) is 63.6 Å². The van der Waals surface area contributed by atoms with Crippen molar-refractivity contribution in [2.24, 2.45) is 5.41 Å². The Kier molecular flexibility index (Phi) is 9.20. The predicted octanol–water partition coefficient (Wildman–Crippen LogP) is 4.94. The maximum Gasteiger partial charge on any atom is 0.183 e. The van der Waals surface area contributed by atoms with Crippen LogP contribution in [0.15, 0.2) is 17.6 Å². The molecule has 2 fully saturated rings. The minimum Gasteiger partial charge on any atom is -0.383 e. The summed E-state index contributed by atoms with van der Waals surface area (Å²) in [4.78, 5) is 9.25. The molecule has 35 heavy (non-hydrogen) atoms. The van der Waals surface area contributed by atoms with E-state index in [0.717, 1.165) is 67.3 Å². The fraction of sp³-hybridized carbons (Fsp3) is 0.640. The number of pyridine rings is 1. The summed E-state index contributed by atoms with van der Waals surface area (Å²) in [6, 6.07) is 5.77. The largest absolute Gasteiger partial charge is 0.383 e. The Morgan fingerprint density at radius 3 is 2.74 bits per heavy atom. The van der Waals surface area contributed by atoms with Gasteiger partial charge in [0.05, 0.1) is 28.8 Å². The summed E-state index contributed by atoms with van der Waals surface area (Å²) in [5, 5.41) is 23.7. The Bertz CT molecular complexity index is 998. The van der Waals surface area contributed by atoms with Gasteiger partial charge in [0.1, 0.15) is 5.82 Å². The zero-order chi connectivity index (χ0) is 24.7. The normalized spacial score (nSPS) is 22.8. The van der Waals surface area contributed by atoms with Gasteiger partial charge in [-0.05, 0) is 51.5 Å². The first-order chi connectivity index (χ1) is 17.0. The van der Waals surface area contributed by atoms with Crippen LogP contribution in [0.2, 0.25) is 5.02 Å². The molecule has 1 aliphatic heterocycles. The summed E-state index contributed by atoms with van der Waals surface area (Å²) < 4.78 is 10.7. The SMILES string of the molecule is COC[C@@H](C)N[C@H]1CC[C@H](Nc2cc(-c3csc(NCC4(C#N)CCOCC4)n3)c(Cl)cn2)CC1. The average Bonchev–Trinajstić information content (AvgIpc) is 3.35. The Labute approximate surface area is 216 Å². The lowest BCUT2D eigenvalue weighted by Gasteiger charge is -2.31. The molecule has 4 rings (SSSR count). The number of hydrogen-bond acceptors (Lipinski definition) is 9. The number of hydrogen-bond donors (Lipinski definition) is 3. The molecule has 2 aromatic heterocycles. The monoisotopic (exact) mass is 518 g/mol. The van der Waals surface area contributed by atoms with Crippen molar-refractivity contribution in [3.63, 3.8) is 0 Å². The maximum atomic E-state index is 9.68. The molecular weight excluding hydrogens is 484 g/mol. The van der Waals surface area contributed by atoms with Crippen LogP contribution in [0.4, 0.5) is 10.9 Å². The molecule has 1 saturated heterocycles. The zero-order valence-corrected chi connectivity index (χ0v) is 22.1. The van der Waals surface area contributed by atoms with Gasteiger partial charge in [-0.2, -0.15) is 5.26 Å². The van der Waals surface area contributed by atoms with Gasteiger partial charge in [-0.15, -0.1) is 11.3 Å². The van der Waals surface area contributed by atoms with Crippen LogP contribution in [0.5, 0.6) is 0 Å². The van der Waals surface area contributed by atoms with Crippen LogP contribution in [-0.2, 0) is 9.47 Å². The smallest absolute Gasteiger partial charge is 0.183 e. The zero-order valence-electron chi connectivity index (χ0n) is 20.5. The van der Waals surface area contributed by atoms with Gasteiger partial charge in [-0.25, -0.2) is 9.97 Å². The van der Waals surface area contributed by atoms with E-state index in [-0.39, 0.29) is 0 Å². The fourth-order valence-corrected chi connectivity index (χ4v) is 5.75. The van der Waals surface area contributed by atoms with Gasteiger partial charge in [0.25, 0.3) is 0 Å². The second kappa shape index (κ2) is 12.3. The molecule has 3 heterocycles. The summed E-state index contributed by atoms with van der Waals surface area (Å²) in [5.41, 5.74) is 1.27. The summed E-state index contributed by atoms with van der Waals surface area (Å²) in [5.74, 6) is 0.821. The number of methoxy groups -OCH3 is 1. The van der Waals surface area contributed by atoms with Crippen molar-refractivity contribution in [3.8, 4) is 17.3 Å². The number of aromatic nitrogens is 2.